The van der Waals surface area contributed by atoms with Crippen LogP contribution < -0.4 is 5.73 Å². The molecule has 0 saturated carbocycles. The van der Waals surface area contributed by atoms with E-state index in [1.54, 1.807) is 0 Å². The molecule has 106 valence electrons. The number of nitrogens with two attached hydrogens (primary N) is 1. The molecule has 1 heterocycles. The monoisotopic (exact) mass is 284 g/mol. The molecule has 0 aliphatic heterocycles. The molecule has 1 aromatic rings. The summed E-state index contributed by atoms with van der Waals surface area (Å²) in [5.74, 6) is -1.26. The van der Waals surface area contributed by atoms with Gasteiger partial charge >= 0.3 is 12.1 Å². The van der Waals surface area contributed by atoms with Crippen LogP contribution in [0.4, 0.5) is 22.0 Å². The van der Waals surface area contributed by atoms with Crippen LogP contribution in [0.25, 0.3) is 0 Å². The van der Waals surface area contributed by atoms with Gasteiger partial charge in [0, 0.05) is 17.7 Å². The normalized spacial score (nSPS) is 11.8. The van der Waals surface area contributed by atoms with Crippen molar-refractivity contribution in [3.8, 4) is 0 Å². The summed E-state index contributed by atoms with van der Waals surface area (Å²) in [6.45, 7) is -0.560. The lowest BCUT2D eigenvalue weighted by Gasteiger charge is -2.14. The smallest absolute Gasteiger partial charge is 0.433 e. The van der Waals surface area contributed by atoms with E-state index in [9.17, 15) is 26.7 Å². The van der Waals surface area contributed by atoms with Crippen molar-refractivity contribution in [2.75, 3.05) is 7.11 Å². The van der Waals surface area contributed by atoms with E-state index in [0.29, 0.717) is 0 Å². The van der Waals surface area contributed by atoms with Crippen LogP contribution in [0.2, 0.25) is 0 Å². The number of nitrogens with zero attached hydrogens (tertiary/aromatic N) is 1. The fraction of sp³-hybridized carbons (Fsp3) is 0.400. The zero-order chi connectivity index (χ0) is 14.8. The molecule has 2 N–H and O–H groups in total. The fourth-order valence-electron chi connectivity index (χ4n) is 1.41. The molecule has 1 aromatic heterocycles. The second-order valence-electron chi connectivity index (χ2n) is 3.42. The summed E-state index contributed by atoms with van der Waals surface area (Å²) in [7, 11) is 0.895. The van der Waals surface area contributed by atoms with Gasteiger partial charge in [0.25, 0.3) is 6.43 Å². The third kappa shape index (κ3) is 3.16. The highest BCUT2D eigenvalue weighted by Gasteiger charge is 2.36. The third-order valence-corrected chi connectivity index (χ3v) is 2.27. The van der Waals surface area contributed by atoms with Gasteiger partial charge in [0.2, 0.25) is 0 Å². The second-order valence-corrected chi connectivity index (χ2v) is 3.42. The van der Waals surface area contributed by atoms with Crippen molar-refractivity contribution in [3.63, 3.8) is 0 Å². The molecule has 0 fully saturated rings. The van der Waals surface area contributed by atoms with Crippen LogP contribution in [0.5, 0.6) is 0 Å². The van der Waals surface area contributed by atoms with Crippen molar-refractivity contribution in [2.24, 2.45) is 5.73 Å². The number of esters is 1. The highest BCUT2D eigenvalue weighted by molar-refractivity contribution is 5.89. The van der Waals surface area contributed by atoms with Crippen molar-refractivity contribution in [3.05, 3.63) is 28.6 Å². The molecule has 0 bridgehead atoms. The van der Waals surface area contributed by atoms with Gasteiger partial charge in [-0.2, -0.15) is 13.2 Å². The Bertz CT molecular complexity index is 488. The van der Waals surface area contributed by atoms with Crippen LogP contribution in [-0.4, -0.2) is 18.1 Å². The predicted molar refractivity (Wildman–Crippen MR) is 53.4 cm³/mol. The molecule has 1 rings (SSSR count). The van der Waals surface area contributed by atoms with E-state index >= 15 is 0 Å². The van der Waals surface area contributed by atoms with Crippen molar-refractivity contribution >= 4 is 5.97 Å². The van der Waals surface area contributed by atoms with Gasteiger partial charge in [-0.15, -0.1) is 0 Å². The largest absolute Gasteiger partial charge is 0.464 e. The minimum absolute atomic E-state index is 0.180. The first-order chi connectivity index (χ1) is 8.72. The standard InChI is InChI=1S/C10H9F5N2O2/c1-19-9(18)7-5(3-16)4(8(11)12)2-6(17-7)10(13,14)15/h2,8H,3,16H2,1H3. The van der Waals surface area contributed by atoms with Gasteiger partial charge < -0.3 is 10.5 Å². The molecule has 0 atom stereocenters. The Kier molecular flexibility index (Phi) is 4.40. The molecule has 0 radical (unpaired) electrons. The van der Waals surface area contributed by atoms with E-state index < -0.39 is 47.6 Å². The number of pyridine rings is 1. The Balaban J connectivity index is 3.59. The van der Waals surface area contributed by atoms with Gasteiger partial charge in [-0.3, -0.25) is 0 Å². The molecule has 9 heteroatoms. The van der Waals surface area contributed by atoms with Crippen LogP contribution in [-0.2, 0) is 17.5 Å². The molecular formula is C10H9F5N2O2. The number of halogens is 5. The first-order valence-electron chi connectivity index (χ1n) is 4.89. The Morgan fingerprint density at radius 1 is 1.47 bits per heavy atom. The van der Waals surface area contributed by atoms with Crippen molar-refractivity contribution in [2.45, 2.75) is 19.1 Å². The van der Waals surface area contributed by atoms with Crippen LogP contribution >= 0.6 is 0 Å². The number of alkyl halides is 5. The molecular weight excluding hydrogens is 275 g/mol. The zero-order valence-electron chi connectivity index (χ0n) is 9.59. The van der Waals surface area contributed by atoms with Gasteiger partial charge in [-0.25, -0.2) is 18.6 Å². The van der Waals surface area contributed by atoms with Crippen LogP contribution in [0.15, 0.2) is 6.07 Å². The summed E-state index contributed by atoms with van der Waals surface area (Å²) < 4.78 is 67.2. The molecule has 0 saturated heterocycles. The maximum atomic E-state index is 12.7. The van der Waals surface area contributed by atoms with Gasteiger partial charge in [0.1, 0.15) is 5.69 Å². The summed E-state index contributed by atoms with van der Waals surface area (Å²) >= 11 is 0. The first-order valence-corrected chi connectivity index (χ1v) is 4.89. The topological polar surface area (TPSA) is 65.2 Å². The third-order valence-electron chi connectivity index (χ3n) is 2.27. The minimum Gasteiger partial charge on any atom is -0.464 e. The number of carbonyl (C=O) groups is 1. The molecule has 0 aliphatic carbocycles. The van der Waals surface area contributed by atoms with Gasteiger partial charge in [-0.1, -0.05) is 0 Å². The van der Waals surface area contributed by atoms with Crippen molar-refractivity contribution < 1.29 is 31.5 Å². The zero-order valence-corrected chi connectivity index (χ0v) is 9.59. The number of aromatic nitrogens is 1. The van der Waals surface area contributed by atoms with E-state index in [0.717, 1.165) is 7.11 Å². The second kappa shape index (κ2) is 5.47. The molecule has 4 nitrogen and oxygen atoms in total. The number of ether oxygens (including phenoxy) is 1. The lowest BCUT2D eigenvalue weighted by atomic mass is 10.0. The summed E-state index contributed by atoms with van der Waals surface area (Å²) in [6, 6.07) is 0.180. The number of hydrogen-bond acceptors (Lipinski definition) is 4. The minimum atomic E-state index is -4.96. The molecule has 0 amide bonds. The van der Waals surface area contributed by atoms with Gasteiger partial charge in [-0.05, 0) is 6.07 Å². The number of hydrogen-bond donors (Lipinski definition) is 1. The van der Waals surface area contributed by atoms with E-state index in [2.05, 4.69) is 9.72 Å². The van der Waals surface area contributed by atoms with Gasteiger partial charge in [0.15, 0.2) is 5.69 Å². The predicted octanol–water partition coefficient (Wildman–Crippen LogP) is 2.28. The van der Waals surface area contributed by atoms with Crippen LogP contribution in [0.3, 0.4) is 0 Å². The molecule has 0 aromatic carbocycles. The summed E-state index contributed by atoms with van der Waals surface area (Å²) in [5, 5.41) is 0. The van der Waals surface area contributed by atoms with E-state index in [4.69, 9.17) is 5.73 Å². The Labute approximate surface area is 104 Å². The summed E-state index contributed by atoms with van der Waals surface area (Å²) in [5.41, 5.74) is 1.29. The Morgan fingerprint density at radius 3 is 2.42 bits per heavy atom. The molecule has 0 unspecified atom stereocenters. The quantitative estimate of drug-likeness (QED) is 0.683. The lowest BCUT2D eigenvalue weighted by Crippen LogP contribution is -2.19. The number of rotatable bonds is 3. The average Bonchev–Trinajstić information content (AvgIpc) is 2.34. The Morgan fingerprint density at radius 2 is 2.05 bits per heavy atom. The van der Waals surface area contributed by atoms with Crippen LogP contribution in [0.1, 0.15) is 33.7 Å². The first kappa shape index (κ1) is 15.3. The van der Waals surface area contributed by atoms with Crippen LogP contribution in [0, 0.1) is 0 Å². The highest BCUT2D eigenvalue weighted by atomic mass is 19.4. The summed E-state index contributed by atoms with van der Waals surface area (Å²) in [6.07, 6.45) is -8.18. The lowest BCUT2D eigenvalue weighted by molar-refractivity contribution is -0.141. The number of methoxy groups -OCH3 is 1. The maximum Gasteiger partial charge on any atom is 0.433 e. The van der Waals surface area contributed by atoms with Crippen molar-refractivity contribution in [1.82, 2.24) is 4.98 Å². The molecule has 0 aliphatic rings. The fourth-order valence-corrected chi connectivity index (χ4v) is 1.41. The van der Waals surface area contributed by atoms with E-state index in [1.165, 1.54) is 0 Å². The SMILES string of the molecule is COC(=O)c1nc(C(F)(F)F)cc(C(F)F)c1CN. The average molecular weight is 284 g/mol. The van der Waals surface area contributed by atoms with Crippen molar-refractivity contribution in [1.29, 1.82) is 0 Å². The van der Waals surface area contributed by atoms with E-state index in [1.807, 2.05) is 0 Å². The van der Waals surface area contributed by atoms with E-state index in [-0.39, 0.29) is 6.07 Å². The van der Waals surface area contributed by atoms with Gasteiger partial charge in [0.05, 0.1) is 7.11 Å². The Hall–Kier alpha value is -1.77. The summed E-state index contributed by atoms with van der Waals surface area (Å²) in [4.78, 5) is 14.3. The maximum absolute atomic E-state index is 12.7. The molecule has 19 heavy (non-hydrogen) atoms. The highest BCUT2D eigenvalue weighted by Crippen LogP contribution is 2.33. The number of carbonyl (C=O) groups excluding carboxylic acids is 1. The molecule has 0 spiro atoms.